The maximum atomic E-state index is 5.85. The van der Waals surface area contributed by atoms with Crippen LogP contribution in [0.15, 0.2) is 24.3 Å². The molecule has 20 heavy (non-hydrogen) atoms. The van der Waals surface area contributed by atoms with Crippen LogP contribution in [-0.4, -0.2) is 25.9 Å². The molecule has 0 saturated heterocycles. The van der Waals surface area contributed by atoms with E-state index in [2.05, 4.69) is 17.4 Å². The first kappa shape index (κ1) is 13.9. The van der Waals surface area contributed by atoms with Crippen LogP contribution < -0.4 is 10.1 Å². The number of hydrogen-bond acceptors (Lipinski definition) is 3. The Kier molecular flexibility index (Phi) is 4.93. The molecule has 0 amide bonds. The lowest BCUT2D eigenvalue weighted by Crippen LogP contribution is -2.16. The van der Waals surface area contributed by atoms with E-state index in [-0.39, 0.29) is 0 Å². The average molecular weight is 275 g/mol. The lowest BCUT2D eigenvalue weighted by atomic mass is 10.2. The predicted octanol–water partition coefficient (Wildman–Crippen LogP) is 3.13. The highest BCUT2D eigenvalue weighted by Crippen LogP contribution is 2.32. The zero-order valence-corrected chi connectivity index (χ0v) is 12.1. The molecule has 0 atom stereocenters. The second-order valence-corrected chi connectivity index (χ2v) is 5.96. The number of benzene rings is 1. The second-order valence-electron chi connectivity index (χ2n) is 5.96. The highest BCUT2D eigenvalue weighted by atomic mass is 16.5. The summed E-state index contributed by atoms with van der Waals surface area (Å²) in [6, 6.07) is 9.02. The van der Waals surface area contributed by atoms with Gasteiger partial charge in [-0.1, -0.05) is 31.0 Å². The SMILES string of the molecule is c1ccc(OCCOCCC2CC2)c(CNC2CC2)c1. The van der Waals surface area contributed by atoms with Crippen LogP contribution in [0.5, 0.6) is 5.75 Å². The Morgan fingerprint density at radius 3 is 2.65 bits per heavy atom. The summed E-state index contributed by atoms with van der Waals surface area (Å²) in [6.07, 6.45) is 6.67. The number of nitrogens with one attached hydrogen (secondary N) is 1. The van der Waals surface area contributed by atoms with Crippen molar-refractivity contribution < 1.29 is 9.47 Å². The maximum absolute atomic E-state index is 5.85. The van der Waals surface area contributed by atoms with Gasteiger partial charge in [-0.15, -0.1) is 0 Å². The zero-order valence-electron chi connectivity index (χ0n) is 12.1. The zero-order chi connectivity index (χ0) is 13.6. The van der Waals surface area contributed by atoms with Crippen molar-refractivity contribution in [3.8, 4) is 5.75 Å². The molecule has 0 aromatic heterocycles. The van der Waals surface area contributed by atoms with Gasteiger partial charge < -0.3 is 14.8 Å². The Morgan fingerprint density at radius 1 is 1.00 bits per heavy atom. The fourth-order valence-corrected chi connectivity index (χ4v) is 2.30. The average Bonchev–Trinajstić information content (AvgIpc) is 3.36. The molecule has 3 heteroatoms. The van der Waals surface area contributed by atoms with E-state index in [1.807, 2.05) is 12.1 Å². The van der Waals surface area contributed by atoms with Crippen LogP contribution in [0.4, 0.5) is 0 Å². The van der Waals surface area contributed by atoms with E-state index in [0.717, 1.165) is 30.9 Å². The molecule has 2 aliphatic rings. The minimum atomic E-state index is 0.644. The molecule has 0 radical (unpaired) electrons. The van der Waals surface area contributed by atoms with Crippen LogP contribution >= 0.6 is 0 Å². The van der Waals surface area contributed by atoms with Gasteiger partial charge in [0.1, 0.15) is 12.4 Å². The third kappa shape index (κ3) is 4.80. The van der Waals surface area contributed by atoms with Gasteiger partial charge in [0.2, 0.25) is 0 Å². The van der Waals surface area contributed by atoms with Crippen LogP contribution in [0.1, 0.15) is 37.7 Å². The molecule has 2 saturated carbocycles. The van der Waals surface area contributed by atoms with Crippen LogP contribution in [0.25, 0.3) is 0 Å². The number of para-hydroxylation sites is 1. The summed E-state index contributed by atoms with van der Waals surface area (Å²) in [6.45, 7) is 3.13. The van der Waals surface area contributed by atoms with Gasteiger partial charge >= 0.3 is 0 Å². The molecule has 0 unspecified atom stereocenters. The van der Waals surface area contributed by atoms with E-state index >= 15 is 0 Å². The van der Waals surface area contributed by atoms with Crippen molar-refractivity contribution in [1.29, 1.82) is 0 Å². The van der Waals surface area contributed by atoms with Crippen molar-refractivity contribution in [2.24, 2.45) is 5.92 Å². The third-order valence-corrected chi connectivity index (χ3v) is 3.98. The quantitative estimate of drug-likeness (QED) is 0.665. The molecule has 110 valence electrons. The Balaban J connectivity index is 1.34. The van der Waals surface area contributed by atoms with Gasteiger partial charge in [-0.3, -0.25) is 0 Å². The molecule has 0 bridgehead atoms. The van der Waals surface area contributed by atoms with Crippen molar-refractivity contribution in [2.45, 2.75) is 44.7 Å². The van der Waals surface area contributed by atoms with Crippen LogP contribution in [0.2, 0.25) is 0 Å². The summed E-state index contributed by atoms with van der Waals surface area (Å²) in [4.78, 5) is 0. The summed E-state index contributed by atoms with van der Waals surface area (Å²) in [5, 5.41) is 3.53. The van der Waals surface area contributed by atoms with Crippen LogP contribution in [0, 0.1) is 5.92 Å². The van der Waals surface area contributed by atoms with Crippen LogP contribution in [-0.2, 0) is 11.3 Å². The first-order valence-electron chi connectivity index (χ1n) is 7.93. The second kappa shape index (κ2) is 7.09. The van der Waals surface area contributed by atoms with Gasteiger partial charge in [-0.05, 0) is 31.2 Å². The van der Waals surface area contributed by atoms with Gasteiger partial charge in [-0.25, -0.2) is 0 Å². The van der Waals surface area contributed by atoms with Crippen molar-refractivity contribution in [3.05, 3.63) is 29.8 Å². The van der Waals surface area contributed by atoms with Crippen molar-refractivity contribution in [1.82, 2.24) is 5.32 Å². The largest absolute Gasteiger partial charge is 0.491 e. The molecule has 3 nitrogen and oxygen atoms in total. The number of ether oxygens (including phenoxy) is 2. The van der Waals surface area contributed by atoms with E-state index < -0.39 is 0 Å². The molecule has 3 rings (SSSR count). The Labute approximate surface area is 121 Å². The Morgan fingerprint density at radius 2 is 1.85 bits per heavy atom. The predicted molar refractivity (Wildman–Crippen MR) is 80.0 cm³/mol. The fraction of sp³-hybridized carbons (Fsp3) is 0.647. The molecule has 1 aromatic carbocycles. The van der Waals surface area contributed by atoms with E-state index in [1.54, 1.807) is 0 Å². The normalized spacial score (nSPS) is 18.2. The molecule has 0 spiro atoms. The smallest absolute Gasteiger partial charge is 0.123 e. The standard InChI is InChI=1S/C17H25NO2/c1-2-4-17(15(3-1)13-18-16-7-8-16)20-12-11-19-10-9-14-5-6-14/h1-4,14,16,18H,5-13H2. The molecule has 2 aliphatic carbocycles. The molecular weight excluding hydrogens is 250 g/mol. The first-order valence-corrected chi connectivity index (χ1v) is 7.93. The van der Waals surface area contributed by atoms with E-state index in [1.165, 1.54) is 37.7 Å². The molecule has 1 N–H and O–H groups in total. The molecular formula is C17H25NO2. The summed E-state index contributed by atoms with van der Waals surface area (Å²) < 4.78 is 11.5. The summed E-state index contributed by atoms with van der Waals surface area (Å²) in [7, 11) is 0. The third-order valence-electron chi connectivity index (χ3n) is 3.98. The minimum absolute atomic E-state index is 0.644. The summed E-state index contributed by atoms with van der Waals surface area (Å²) >= 11 is 0. The van der Waals surface area contributed by atoms with Gasteiger partial charge in [-0.2, -0.15) is 0 Å². The topological polar surface area (TPSA) is 30.5 Å². The number of rotatable bonds is 10. The van der Waals surface area contributed by atoms with Gasteiger partial charge in [0.25, 0.3) is 0 Å². The van der Waals surface area contributed by atoms with Gasteiger partial charge in [0.05, 0.1) is 6.61 Å². The van der Waals surface area contributed by atoms with Gasteiger partial charge in [0, 0.05) is 24.8 Å². The van der Waals surface area contributed by atoms with Crippen molar-refractivity contribution in [3.63, 3.8) is 0 Å². The van der Waals surface area contributed by atoms with E-state index in [0.29, 0.717) is 13.2 Å². The molecule has 1 aromatic rings. The molecule has 2 fully saturated rings. The summed E-state index contributed by atoms with van der Waals surface area (Å²) in [5.41, 5.74) is 1.25. The lowest BCUT2D eigenvalue weighted by molar-refractivity contribution is 0.0955. The Hall–Kier alpha value is -1.06. The fourth-order valence-electron chi connectivity index (χ4n) is 2.30. The molecule has 0 heterocycles. The number of hydrogen-bond donors (Lipinski definition) is 1. The Bertz CT molecular complexity index is 413. The van der Waals surface area contributed by atoms with Crippen molar-refractivity contribution in [2.75, 3.05) is 19.8 Å². The van der Waals surface area contributed by atoms with Crippen molar-refractivity contribution >= 4 is 0 Å². The highest BCUT2D eigenvalue weighted by Gasteiger charge is 2.21. The maximum Gasteiger partial charge on any atom is 0.123 e. The summed E-state index contributed by atoms with van der Waals surface area (Å²) in [5.74, 6) is 1.94. The lowest BCUT2D eigenvalue weighted by Gasteiger charge is -2.12. The first-order chi connectivity index (χ1) is 9.92. The van der Waals surface area contributed by atoms with E-state index in [9.17, 15) is 0 Å². The highest BCUT2D eigenvalue weighted by molar-refractivity contribution is 5.33. The monoisotopic (exact) mass is 275 g/mol. The molecule has 0 aliphatic heterocycles. The van der Waals surface area contributed by atoms with Crippen LogP contribution in [0.3, 0.4) is 0 Å². The van der Waals surface area contributed by atoms with Gasteiger partial charge in [0.15, 0.2) is 0 Å². The van der Waals surface area contributed by atoms with E-state index in [4.69, 9.17) is 9.47 Å². The minimum Gasteiger partial charge on any atom is -0.491 e.